The van der Waals surface area contributed by atoms with E-state index in [9.17, 15) is 4.79 Å². The van der Waals surface area contributed by atoms with Gasteiger partial charge in [-0.05, 0) is 56.6 Å². The lowest BCUT2D eigenvalue weighted by atomic mass is 9.72. The van der Waals surface area contributed by atoms with Crippen molar-refractivity contribution in [2.45, 2.75) is 53.4 Å². The van der Waals surface area contributed by atoms with Crippen LogP contribution < -0.4 is 0 Å². The van der Waals surface area contributed by atoms with E-state index in [1.165, 1.54) is 30.4 Å². The first-order chi connectivity index (χ1) is 8.83. The first-order valence-corrected chi connectivity index (χ1v) is 7.06. The third kappa shape index (κ3) is 5.02. The fourth-order valence-corrected chi connectivity index (χ4v) is 2.66. The molecule has 0 aromatic carbocycles. The van der Waals surface area contributed by atoms with E-state index in [1.54, 1.807) is 13.0 Å². The smallest absolute Gasteiger partial charge is 0.152 e. The molecule has 0 saturated heterocycles. The molecule has 1 aliphatic rings. The predicted molar refractivity (Wildman–Crippen MR) is 83.1 cm³/mol. The Bertz CT molecular complexity index is 444. The quantitative estimate of drug-likeness (QED) is 0.491. The Kier molecular flexibility index (Phi) is 5.53. The molecular weight excluding hydrogens is 232 g/mol. The van der Waals surface area contributed by atoms with Gasteiger partial charge >= 0.3 is 0 Å². The van der Waals surface area contributed by atoms with Crippen LogP contribution in [0.1, 0.15) is 53.4 Å². The molecule has 1 heteroatoms. The Balaban J connectivity index is 2.70. The van der Waals surface area contributed by atoms with E-state index in [0.29, 0.717) is 0 Å². The Labute approximate surface area is 117 Å². The fourth-order valence-electron chi connectivity index (χ4n) is 2.66. The zero-order valence-corrected chi connectivity index (χ0v) is 12.8. The molecule has 0 fully saturated rings. The van der Waals surface area contributed by atoms with Gasteiger partial charge in [-0.3, -0.25) is 4.79 Å². The summed E-state index contributed by atoms with van der Waals surface area (Å²) in [5.41, 5.74) is 4.27. The molecular formula is C18H26O. The highest BCUT2D eigenvalue weighted by Crippen LogP contribution is 2.40. The Morgan fingerprint density at radius 1 is 1.37 bits per heavy atom. The van der Waals surface area contributed by atoms with Crippen molar-refractivity contribution in [2.24, 2.45) is 5.41 Å². The summed E-state index contributed by atoms with van der Waals surface area (Å²) in [7, 11) is 0. The maximum Gasteiger partial charge on any atom is 0.152 e. The van der Waals surface area contributed by atoms with Gasteiger partial charge in [0.05, 0.1) is 0 Å². The van der Waals surface area contributed by atoms with Gasteiger partial charge in [-0.2, -0.15) is 0 Å². The van der Waals surface area contributed by atoms with Gasteiger partial charge in [-0.25, -0.2) is 0 Å². The Morgan fingerprint density at radius 3 is 2.63 bits per heavy atom. The van der Waals surface area contributed by atoms with Crippen molar-refractivity contribution in [1.82, 2.24) is 0 Å². The number of carbonyl (C=O) groups is 1. The summed E-state index contributed by atoms with van der Waals surface area (Å²) in [6, 6.07) is 0. The van der Waals surface area contributed by atoms with Crippen LogP contribution in [0.15, 0.2) is 47.6 Å². The summed E-state index contributed by atoms with van der Waals surface area (Å²) in [6.07, 6.45) is 12.3. The minimum atomic E-state index is 0.0868. The van der Waals surface area contributed by atoms with E-state index in [4.69, 9.17) is 0 Å². The average Bonchev–Trinajstić information content (AvgIpc) is 2.26. The van der Waals surface area contributed by atoms with Gasteiger partial charge in [0, 0.05) is 0 Å². The van der Waals surface area contributed by atoms with Crippen molar-refractivity contribution in [3.05, 3.63) is 47.6 Å². The molecule has 0 heterocycles. The van der Waals surface area contributed by atoms with Crippen LogP contribution in [-0.2, 0) is 4.79 Å². The maximum absolute atomic E-state index is 10.8. The zero-order valence-electron chi connectivity index (χ0n) is 12.8. The molecule has 104 valence electrons. The summed E-state index contributed by atoms with van der Waals surface area (Å²) in [6.45, 7) is 12.5. The molecule has 0 amide bonds. The van der Waals surface area contributed by atoms with Crippen molar-refractivity contribution >= 4 is 5.78 Å². The standard InChI is InChI=1S/C18H26O/c1-14(8-6-10-16(3)19)11-12-17-15(2)9-7-13-18(17,4)5/h6,10-12H,1,7-9,13H2,2-5H3/b10-6+,12-11+. The lowest BCUT2D eigenvalue weighted by Gasteiger charge is -2.33. The van der Waals surface area contributed by atoms with Gasteiger partial charge < -0.3 is 0 Å². The van der Waals surface area contributed by atoms with Crippen molar-refractivity contribution in [3.63, 3.8) is 0 Å². The third-order valence-electron chi connectivity index (χ3n) is 3.76. The average molecular weight is 258 g/mol. The van der Waals surface area contributed by atoms with Crippen LogP contribution in [-0.4, -0.2) is 5.78 Å². The van der Waals surface area contributed by atoms with Crippen LogP contribution in [0.4, 0.5) is 0 Å². The molecule has 0 spiro atoms. The van der Waals surface area contributed by atoms with E-state index >= 15 is 0 Å². The number of carbonyl (C=O) groups excluding carboxylic acids is 1. The van der Waals surface area contributed by atoms with Gasteiger partial charge in [-0.15, -0.1) is 0 Å². The molecule has 19 heavy (non-hydrogen) atoms. The molecule has 0 N–H and O–H groups in total. The second kappa shape index (κ2) is 6.70. The maximum atomic E-state index is 10.8. The SMILES string of the molecule is C=C(/C=C/C1=C(C)CCCC1(C)C)C/C=C/C(C)=O. The van der Waals surface area contributed by atoms with E-state index in [0.717, 1.165) is 12.0 Å². The molecule has 0 aromatic rings. The van der Waals surface area contributed by atoms with Crippen LogP contribution >= 0.6 is 0 Å². The summed E-state index contributed by atoms with van der Waals surface area (Å²) in [5, 5.41) is 0. The molecule has 0 bridgehead atoms. The highest BCUT2D eigenvalue weighted by atomic mass is 16.1. The lowest BCUT2D eigenvalue weighted by molar-refractivity contribution is -0.112. The monoisotopic (exact) mass is 258 g/mol. The topological polar surface area (TPSA) is 17.1 Å². The van der Waals surface area contributed by atoms with E-state index in [2.05, 4.69) is 39.5 Å². The van der Waals surface area contributed by atoms with Crippen LogP contribution in [0.3, 0.4) is 0 Å². The fraction of sp³-hybridized carbons (Fsp3) is 0.500. The van der Waals surface area contributed by atoms with Gasteiger partial charge in [-0.1, -0.05) is 49.8 Å². The summed E-state index contributed by atoms with van der Waals surface area (Å²) in [5.74, 6) is 0.0868. The number of ketones is 1. The molecule has 1 rings (SSSR count). The lowest BCUT2D eigenvalue weighted by Crippen LogP contribution is -2.19. The number of hydrogen-bond donors (Lipinski definition) is 0. The van der Waals surface area contributed by atoms with Crippen molar-refractivity contribution in [1.29, 1.82) is 0 Å². The van der Waals surface area contributed by atoms with E-state index in [1.807, 2.05) is 6.08 Å². The number of hydrogen-bond acceptors (Lipinski definition) is 1. The van der Waals surface area contributed by atoms with Gasteiger partial charge in [0.15, 0.2) is 5.78 Å². The van der Waals surface area contributed by atoms with Gasteiger partial charge in [0.25, 0.3) is 0 Å². The molecule has 1 aliphatic carbocycles. The molecule has 0 aromatic heterocycles. The Morgan fingerprint density at radius 2 is 2.05 bits per heavy atom. The molecule has 0 radical (unpaired) electrons. The number of rotatable bonds is 5. The summed E-state index contributed by atoms with van der Waals surface area (Å²) >= 11 is 0. The summed E-state index contributed by atoms with van der Waals surface area (Å²) < 4.78 is 0. The van der Waals surface area contributed by atoms with Crippen LogP contribution in [0.25, 0.3) is 0 Å². The Hall–Kier alpha value is -1.37. The first-order valence-electron chi connectivity index (χ1n) is 7.06. The zero-order chi connectivity index (χ0) is 14.5. The molecule has 0 unspecified atom stereocenters. The van der Waals surface area contributed by atoms with Crippen molar-refractivity contribution < 1.29 is 4.79 Å². The normalized spacial score (nSPS) is 19.4. The second-order valence-corrected chi connectivity index (χ2v) is 6.14. The van der Waals surface area contributed by atoms with Crippen LogP contribution in [0.2, 0.25) is 0 Å². The molecule has 0 aliphatic heterocycles. The third-order valence-corrected chi connectivity index (χ3v) is 3.76. The molecule has 0 atom stereocenters. The molecule has 1 nitrogen and oxygen atoms in total. The highest BCUT2D eigenvalue weighted by molar-refractivity contribution is 5.87. The van der Waals surface area contributed by atoms with Gasteiger partial charge in [0.2, 0.25) is 0 Å². The second-order valence-electron chi connectivity index (χ2n) is 6.14. The molecule has 0 saturated carbocycles. The minimum absolute atomic E-state index is 0.0868. The summed E-state index contributed by atoms with van der Waals surface area (Å²) in [4.78, 5) is 10.8. The predicted octanol–water partition coefficient (Wildman–Crippen LogP) is 5.16. The van der Waals surface area contributed by atoms with Crippen molar-refractivity contribution in [2.75, 3.05) is 0 Å². The van der Waals surface area contributed by atoms with Gasteiger partial charge in [0.1, 0.15) is 0 Å². The van der Waals surface area contributed by atoms with Crippen LogP contribution in [0.5, 0.6) is 0 Å². The first kappa shape index (κ1) is 15.7. The highest BCUT2D eigenvalue weighted by Gasteiger charge is 2.26. The number of allylic oxidation sites excluding steroid dienone is 7. The van der Waals surface area contributed by atoms with E-state index < -0.39 is 0 Å². The minimum Gasteiger partial charge on any atom is -0.295 e. The van der Waals surface area contributed by atoms with Crippen LogP contribution in [0, 0.1) is 5.41 Å². The largest absolute Gasteiger partial charge is 0.295 e. The van der Waals surface area contributed by atoms with Crippen molar-refractivity contribution in [3.8, 4) is 0 Å². The van der Waals surface area contributed by atoms with E-state index in [-0.39, 0.29) is 11.2 Å².